The first-order valence-corrected chi connectivity index (χ1v) is 8.55. The Kier molecular flexibility index (Phi) is 5.65. The van der Waals surface area contributed by atoms with Crippen LogP contribution in [0.15, 0.2) is 61.2 Å². The summed E-state index contributed by atoms with van der Waals surface area (Å²) in [5, 5.41) is 0. The zero-order valence-corrected chi connectivity index (χ0v) is 14.9. The highest BCUT2D eigenvalue weighted by molar-refractivity contribution is 5.65. The van der Waals surface area contributed by atoms with Crippen molar-refractivity contribution in [3.05, 3.63) is 95.3 Å². The van der Waals surface area contributed by atoms with E-state index in [0.717, 1.165) is 11.1 Å². The molecule has 0 bridgehead atoms. The Bertz CT molecular complexity index is 962. The van der Waals surface area contributed by atoms with Crippen LogP contribution in [0.4, 0.5) is 13.2 Å². The van der Waals surface area contributed by atoms with Crippen LogP contribution in [0.1, 0.15) is 16.7 Å². The number of hydrogen-bond donors (Lipinski definition) is 0. The quantitative estimate of drug-likeness (QED) is 0.503. The second-order valence-corrected chi connectivity index (χ2v) is 6.20. The minimum absolute atomic E-state index is 0.123. The largest absolute Gasteiger partial charge is 0.494 e. The maximum absolute atomic E-state index is 14.2. The fraction of sp³-hybridized carbons (Fsp3) is 0.130. The average molecular weight is 368 g/mol. The summed E-state index contributed by atoms with van der Waals surface area (Å²) >= 11 is 0. The van der Waals surface area contributed by atoms with Gasteiger partial charge in [0.05, 0.1) is 7.11 Å². The van der Waals surface area contributed by atoms with Crippen molar-refractivity contribution in [1.29, 1.82) is 0 Å². The monoisotopic (exact) mass is 368 g/mol. The van der Waals surface area contributed by atoms with Crippen molar-refractivity contribution in [2.45, 2.75) is 12.8 Å². The molecular formula is C23H19F3O. The second kappa shape index (κ2) is 8.12. The van der Waals surface area contributed by atoms with Crippen LogP contribution in [-0.2, 0) is 12.8 Å². The van der Waals surface area contributed by atoms with E-state index in [4.69, 9.17) is 4.74 Å². The fourth-order valence-corrected chi connectivity index (χ4v) is 2.94. The molecule has 4 heteroatoms. The van der Waals surface area contributed by atoms with E-state index in [-0.39, 0.29) is 17.1 Å². The molecule has 0 aliphatic heterocycles. The van der Waals surface area contributed by atoms with Gasteiger partial charge in [-0.05, 0) is 47.7 Å². The van der Waals surface area contributed by atoms with Gasteiger partial charge in [-0.3, -0.25) is 0 Å². The van der Waals surface area contributed by atoms with Crippen LogP contribution in [-0.4, -0.2) is 7.11 Å². The molecule has 0 fully saturated rings. The number of halogens is 3. The Morgan fingerprint density at radius 3 is 2.15 bits per heavy atom. The van der Waals surface area contributed by atoms with Crippen molar-refractivity contribution in [2.75, 3.05) is 7.11 Å². The number of hydrogen-bond acceptors (Lipinski definition) is 1. The van der Waals surface area contributed by atoms with Crippen molar-refractivity contribution in [3.8, 4) is 16.9 Å². The van der Waals surface area contributed by atoms with Crippen molar-refractivity contribution in [3.63, 3.8) is 0 Å². The van der Waals surface area contributed by atoms with Gasteiger partial charge in [0, 0.05) is 11.1 Å². The van der Waals surface area contributed by atoms with Gasteiger partial charge in [0.25, 0.3) is 0 Å². The van der Waals surface area contributed by atoms with E-state index in [1.54, 1.807) is 18.2 Å². The number of benzene rings is 3. The molecule has 0 aromatic heterocycles. The van der Waals surface area contributed by atoms with Gasteiger partial charge >= 0.3 is 0 Å². The van der Waals surface area contributed by atoms with Gasteiger partial charge in [0.1, 0.15) is 5.82 Å². The molecule has 0 unspecified atom stereocenters. The molecule has 0 amide bonds. The Morgan fingerprint density at radius 2 is 1.52 bits per heavy atom. The molecule has 3 aromatic rings. The third-order valence-corrected chi connectivity index (χ3v) is 4.52. The highest BCUT2D eigenvalue weighted by Crippen LogP contribution is 2.30. The third-order valence-electron chi connectivity index (χ3n) is 4.52. The molecule has 0 radical (unpaired) electrons. The van der Waals surface area contributed by atoms with Gasteiger partial charge in [0.15, 0.2) is 11.6 Å². The molecule has 27 heavy (non-hydrogen) atoms. The Hall–Kier alpha value is -3.01. The molecule has 0 aliphatic carbocycles. The topological polar surface area (TPSA) is 9.23 Å². The molecule has 0 saturated heterocycles. The van der Waals surface area contributed by atoms with Crippen LogP contribution in [0.3, 0.4) is 0 Å². The Morgan fingerprint density at radius 1 is 0.852 bits per heavy atom. The molecule has 0 aliphatic rings. The molecule has 138 valence electrons. The van der Waals surface area contributed by atoms with Crippen molar-refractivity contribution < 1.29 is 17.9 Å². The summed E-state index contributed by atoms with van der Waals surface area (Å²) < 4.78 is 46.7. The highest BCUT2D eigenvalue weighted by atomic mass is 19.2. The first kappa shape index (κ1) is 18.8. The zero-order chi connectivity index (χ0) is 19.4. The molecule has 1 nitrogen and oxygen atoms in total. The smallest absolute Gasteiger partial charge is 0.201 e. The van der Waals surface area contributed by atoms with Crippen LogP contribution >= 0.6 is 0 Å². The third kappa shape index (κ3) is 4.05. The van der Waals surface area contributed by atoms with Gasteiger partial charge in [0.2, 0.25) is 5.82 Å². The standard InChI is InChI=1S/C23H19F3O/c1-3-17-9-8-16(14-20(17)24)5-4-15-6-10-18(11-7-15)19-12-13-21(27-2)23(26)22(19)25/h3,6-14H,1,4-5H2,2H3. The van der Waals surface area contributed by atoms with E-state index in [0.29, 0.717) is 24.0 Å². The number of ether oxygens (including phenoxy) is 1. The fourth-order valence-electron chi connectivity index (χ4n) is 2.94. The van der Waals surface area contributed by atoms with Gasteiger partial charge in [-0.15, -0.1) is 0 Å². The molecule has 0 N–H and O–H groups in total. The minimum atomic E-state index is -0.996. The van der Waals surface area contributed by atoms with Gasteiger partial charge in [-0.1, -0.05) is 49.1 Å². The Labute approximate surface area is 156 Å². The molecular weight excluding hydrogens is 349 g/mol. The molecule has 0 heterocycles. The number of rotatable bonds is 6. The summed E-state index contributed by atoms with van der Waals surface area (Å²) in [6.45, 7) is 3.57. The van der Waals surface area contributed by atoms with Crippen molar-refractivity contribution >= 4 is 6.08 Å². The lowest BCUT2D eigenvalue weighted by molar-refractivity contribution is 0.372. The van der Waals surface area contributed by atoms with E-state index in [1.807, 2.05) is 18.2 Å². The van der Waals surface area contributed by atoms with Crippen LogP contribution < -0.4 is 4.74 Å². The lowest BCUT2D eigenvalue weighted by Crippen LogP contribution is -1.96. The van der Waals surface area contributed by atoms with Crippen LogP contribution in [0, 0.1) is 17.5 Å². The molecule has 0 spiro atoms. The van der Waals surface area contributed by atoms with E-state index in [9.17, 15) is 13.2 Å². The SMILES string of the molecule is C=Cc1ccc(CCc2ccc(-c3ccc(OC)c(F)c3F)cc2)cc1F. The summed E-state index contributed by atoms with van der Waals surface area (Å²) in [5.41, 5.74) is 3.17. The van der Waals surface area contributed by atoms with Crippen LogP contribution in [0.25, 0.3) is 17.2 Å². The minimum Gasteiger partial charge on any atom is -0.494 e. The lowest BCUT2D eigenvalue weighted by atomic mass is 9.99. The number of methoxy groups -OCH3 is 1. The average Bonchev–Trinajstić information content (AvgIpc) is 2.69. The lowest BCUT2D eigenvalue weighted by Gasteiger charge is -2.09. The summed E-state index contributed by atoms with van der Waals surface area (Å²) in [5.74, 6) is -2.33. The van der Waals surface area contributed by atoms with Gasteiger partial charge in [-0.25, -0.2) is 8.78 Å². The highest BCUT2D eigenvalue weighted by Gasteiger charge is 2.15. The van der Waals surface area contributed by atoms with Crippen LogP contribution in [0.2, 0.25) is 0 Å². The van der Waals surface area contributed by atoms with E-state index < -0.39 is 11.6 Å². The second-order valence-electron chi connectivity index (χ2n) is 6.20. The maximum Gasteiger partial charge on any atom is 0.201 e. The molecule has 3 rings (SSSR count). The molecule has 0 saturated carbocycles. The van der Waals surface area contributed by atoms with Crippen LogP contribution in [0.5, 0.6) is 5.75 Å². The summed E-state index contributed by atoms with van der Waals surface area (Å²) in [6, 6.07) is 15.2. The molecule has 0 atom stereocenters. The van der Waals surface area contributed by atoms with E-state index in [2.05, 4.69) is 6.58 Å². The van der Waals surface area contributed by atoms with Gasteiger partial charge < -0.3 is 4.74 Å². The maximum atomic E-state index is 14.2. The summed E-state index contributed by atoms with van der Waals surface area (Å²) in [6.07, 6.45) is 2.88. The number of aryl methyl sites for hydroxylation is 2. The first-order chi connectivity index (χ1) is 13.0. The summed E-state index contributed by atoms with van der Waals surface area (Å²) in [7, 11) is 1.29. The Balaban J connectivity index is 1.73. The first-order valence-electron chi connectivity index (χ1n) is 8.55. The van der Waals surface area contributed by atoms with Gasteiger partial charge in [-0.2, -0.15) is 4.39 Å². The van der Waals surface area contributed by atoms with Crippen molar-refractivity contribution in [1.82, 2.24) is 0 Å². The predicted molar refractivity (Wildman–Crippen MR) is 102 cm³/mol. The predicted octanol–water partition coefficient (Wildman–Crippen LogP) is 6.21. The normalized spacial score (nSPS) is 10.7. The summed E-state index contributed by atoms with van der Waals surface area (Å²) in [4.78, 5) is 0. The van der Waals surface area contributed by atoms with E-state index >= 15 is 0 Å². The molecule has 3 aromatic carbocycles. The van der Waals surface area contributed by atoms with E-state index in [1.165, 1.54) is 31.4 Å². The zero-order valence-electron chi connectivity index (χ0n) is 14.9. The van der Waals surface area contributed by atoms with Crippen molar-refractivity contribution in [2.24, 2.45) is 0 Å².